The maximum atomic E-state index is 11.7. The molecule has 0 spiro atoms. The molecule has 5 heteroatoms. The Labute approximate surface area is 109 Å². The zero-order valence-electron chi connectivity index (χ0n) is 9.80. The lowest BCUT2D eigenvalue weighted by molar-refractivity contribution is -0.115. The second-order valence-corrected chi connectivity index (χ2v) is 4.69. The number of thiazole rings is 1. The molecule has 0 aliphatic rings. The molecule has 1 N–H and O–H groups in total. The number of anilines is 1. The lowest BCUT2D eigenvalue weighted by atomic mass is 10.1. The summed E-state index contributed by atoms with van der Waals surface area (Å²) in [5.41, 5.74) is 2.36. The highest BCUT2D eigenvalue weighted by molar-refractivity contribution is 7.13. The maximum Gasteiger partial charge on any atom is 0.230 e. The van der Waals surface area contributed by atoms with E-state index in [1.165, 1.54) is 11.3 Å². The molecule has 2 aromatic rings. The Bertz CT molecular complexity index is 595. The Morgan fingerprint density at radius 1 is 1.44 bits per heavy atom. The van der Waals surface area contributed by atoms with Gasteiger partial charge in [-0.3, -0.25) is 4.79 Å². The molecule has 0 saturated carbocycles. The first-order valence-corrected chi connectivity index (χ1v) is 6.26. The van der Waals surface area contributed by atoms with E-state index in [-0.39, 0.29) is 12.3 Å². The molecule has 18 heavy (non-hydrogen) atoms. The van der Waals surface area contributed by atoms with Gasteiger partial charge in [-0.2, -0.15) is 5.26 Å². The molecule has 0 fully saturated rings. The molecule has 0 saturated heterocycles. The van der Waals surface area contributed by atoms with E-state index in [9.17, 15) is 4.79 Å². The average Bonchev–Trinajstić information content (AvgIpc) is 2.75. The van der Waals surface area contributed by atoms with Crippen LogP contribution < -0.4 is 5.32 Å². The van der Waals surface area contributed by atoms with E-state index in [0.29, 0.717) is 10.7 Å². The number of hydrogen-bond acceptors (Lipinski definition) is 4. The molecule has 0 unspecified atom stereocenters. The van der Waals surface area contributed by atoms with Gasteiger partial charge in [0, 0.05) is 5.38 Å². The minimum Gasteiger partial charge on any atom is -0.302 e. The van der Waals surface area contributed by atoms with Crippen LogP contribution in [-0.4, -0.2) is 10.9 Å². The van der Waals surface area contributed by atoms with Crippen LogP contribution in [0.1, 0.15) is 16.8 Å². The molecular weight excluding hydrogens is 246 g/mol. The van der Waals surface area contributed by atoms with Crippen molar-refractivity contribution >= 4 is 22.4 Å². The molecule has 0 bridgehead atoms. The number of benzene rings is 1. The fourth-order valence-corrected chi connectivity index (χ4v) is 2.16. The van der Waals surface area contributed by atoms with Gasteiger partial charge in [-0.05, 0) is 24.6 Å². The van der Waals surface area contributed by atoms with E-state index in [2.05, 4.69) is 10.3 Å². The van der Waals surface area contributed by atoms with E-state index in [1.807, 2.05) is 18.4 Å². The number of carbonyl (C=O) groups excluding carboxylic acids is 1. The number of nitrogens with one attached hydrogen (secondary N) is 1. The Morgan fingerprint density at radius 2 is 2.17 bits per heavy atom. The van der Waals surface area contributed by atoms with Crippen molar-refractivity contribution in [3.8, 4) is 6.07 Å². The van der Waals surface area contributed by atoms with Gasteiger partial charge in [0.2, 0.25) is 5.91 Å². The molecule has 1 aromatic carbocycles. The molecule has 2 rings (SSSR count). The molecule has 0 aliphatic carbocycles. The SMILES string of the molecule is Cc1csc(NC(=O)Cc2ccc(C#N)cc2)n1. The maximum absolute atomic E-state index is 11.7. The molecular formula is C13H11N3OS. The van der Waals surface area contributed by atoms with Crippen LogP contribution in [0.15, 0.2) is 29.6 Å². The third-order valence-corrected chi connectivity index (χ3v) is 3.19. The normalized spacial score (nSPS) is 9.78. The van der Waals surface area contributed by atoms with Gasteiger partial charge in [0.05, 0.1) is 23.7 Å². The van der Waals surface area contributed by atoms with Crippen LogP contribution in [0.4, 0.5) is 5.13 Å². The highest BCUT2D eigenvalue weighted by Gasteiger charge is 2.06. The number of carbonyl (C=O) groups is 1. The van der Waals surface area contributed by atoms with Crippen molar-refractivity contribution in [1.29, 1.82) is 5.26 Å². The number of aromatic nitrogens is 1. The number of aryl methyl sites for hydroxylation is 1. The van der Waals surface area contributed by atoms with Gasteiger partial charge in [-0.15, -0.1) is 11.3 Å². The fraction of sp³-hybridized carbons (Fsp3) is 0.154. The second-order valence-electron chi connectivity index (χ2n) is 3.83. The van der Waals surface area contributed by atoms with Crippen LogP contribution in [0.2, 0.25) is 0 Å². The standard InChI is InChI=1S/C13H11N3OS/c1-9-8-18-13(15-9)16-12(17)6-10-2-4-11(7-14)5-3-10/h2-5,8H,6H2,1H3,(H,15,16,17). The monoisotopic (exact) mass is 257 g/mol. The fourth-order valence-electron chi connectivity index (χ4n) is 1.46. The molecule has 1 heterocycles. The van der Waals surface area contributed by atoms with Crippen molar-refractivity contribution < 1.29 is 4.79 Å². The zero-order chi connectivity index (χ0) is 13.0. The highest BCUT2D eigenvalue weighted by atomic mass is 32.1. The van der Waals surface area contributed by atoms with Crippen LogP contribution >= 0.6 is 11.3 Å². The first-order valence-electron chi connectivity index (χ1n) is 5.38. The topological polar surface area (TPSA) is 65.8 Å². The lowest BCUT2D eigenvalue weighted by Gasteiger charge is -2.01. The van der Waals surface area contributed by atoms with Crippen molar-refractivity contribution in [1.82, 2.24) is 4.98 Å². The zero-order valence-corrected chi connectivity index (χ0v) is 10.6. The van der Waals surface area contributed by atoms with Crippen molar-refractivity contribution in [3.63, 3.8) is 0 Å². The summed E-state index contributed by atoms with van der Waals surface area (Å²) in [5.74, 6) is -0.103. The Kier molecular flexibility index (Phi) is 3.70. The lowest BCUT2D eigenvalue weighted by Crippen LogP contribution is -2.14. The third-order valence-electron chi connectivity index (χ3n) is 2.31. The van der Waals surface area contributed by atoms with Gasteiger partial charge < -0.3 is 5.32 Å². The summed E-state index contributed by atoms with van der Waals surface area (Å²) in [6.45, 7) is 1.88. The third kappa shape index (κ3) is 3.15. The number of nitriles is 1. The quantitative estimate of drug-likeness (QED) is 0.918. The van der Waals surface area contributed by atoms with Crippen molar-refractivity contribution in [2.24, 2.45) is 0 Å². The Hall–Kier alpha value is -2.19. The number of hydrogen-bond donors (Lipinski definition) is 1. The van der Waals surface area contributed by atoms with Crippen molar-refractivity contribution in [2.75, 3.05) is 5.32 Å². The summed E-state index contributed by atoms with van der Waals surface area (Å²) in [4.78, 5) is 15.9. The first-order chi connectivity index (χ1) is 8.67. The van der Waals surface area contributed by atoms with Crippen molar-refractivity contribution in [2.45, 2.75) is 13.3 Å². The number of amides is 1. The summed E-state index contributed by atoms with van der Waals surface area (Å²) in [6.07, 6.45) is 0.282. The minimum absolute atomic E-state index is 0.103. The summed E-state index contributed by atoms with van der Waals surface area (Å²) in [7, 11) is 0. The van der Waals surface area contributed by atoms with Gasteiger partial charge in [0.1, 0.15) is 0 Å². The predicted octanol–water partition coefficient (Wildman–Crippen LogP) is 2.50. The van der Waals surface area contributed by atoms with Crippen molar-refractivity contribution in [3.05, 3.63) is 46.5 Å². The summed E-state index contributed by atoms with van der Waals surface area (Å²) in [5, 5.41) is 13.9. The molecule has 0 aliphatic heterocycles. The highest BCUT2D eigenvalue weighted by Crippen LogP contribution is 2.14. The Balaban J connectivity index is 1.96. The van der Waals surface area contributed by atoms with Gasteiger partial charge in [0.15, 0.2) is 5.13 Å². The van der Waals surface area contributed by atoms with Crippen LogP contribution in [0, 0.1) is 18.3 Å². The smallest absolute Gasteiger partial charge is 0.230 e. The predicted molar refractivity (Wildman–Crippen MR) is 70.3 cm³/mol. The molecule has 90 valence electrons. The molecule has 0 radical (unpaired) electrons. The summed E-state index contributed by atoms with van der Waals surface area (Å²) >= 11 is 1.41. The largest absolute Gasteiger partial charge is 0.302 e. The van der Waals surface area contributed by atoms with Gasteiger partial charge in [-0.25, -0.2) is 4.98 Å². The van der Waals surface area contributed by atoms with Gasteiger partial charge in [-0.1, -0.05) is 12.1 Å². The van der Waals surface area contributed by atoms with Crippen LogP contribution in [0.5, 0.6) is 0 Å². The molecule has 0 atom stereocenters. The first kappa shape index (κ1) is 12.3. The van der Waals surface area contributed by atoms with E-state index in [4.69, 9.17) is 5.26 Å². The van der Waals surface area contributed by atoms with Gasteiger partial charge >= 0.3 is 0 Å². The molecule has 4 nitrogen and oxygen atoms in total. The number of nitrogens with zero attached hydrogens (tertiary/aromatic N) is 2. The van der Waals surface area contributed by atoms with E-state index in [1.54, 1.807) is 24.3 Å². The summed E-state index contributed by atoms with van der Waals surface area (Å²) < 4.78 is 0. The van der Waals surface area contributed by atoms with E-state index in [0.717, 1.165) is 11.3 Å². The molecule has 1 aromatic heterocycles. The Morgan fingerprint density at radius 3 is 2.72 bits per heavy atom. The van der Waals surface area contributed by atoms with Crippen LogP contribution in [-0.2, 0) is 11.2 Å². The van der Waals surface area contributed by atoms with E-state index >= 15 is 0 Å². The minimum atomic E-state index is -0.103. The molecule has 1 amide bonds. The van der Waals surface area contributed by atoms with Crippen LogP contribution in [0.25, 0.3) is 0 Å². The average molecular weight is 257 g/mol. The number of rotatable bonds is 3. The van der Waals surface area contributed by atoms with E-state index < -0.39 is 0 Å². The van der Waals surface area contributed by atoms with Gasteiger partial charge in [0.25, 0.3) is 0 Å². The second kappa shape index (κ2) is 5.43. The summed E-state index contributed by atoms with van der Waals surface area (Å²) in [6, 6.07) is 9.02. The van der Waals surface area contributed by atoms with Crippen LogP contribution in [0.3, 0.4) is 0 Å².